The van der Waals surface area contributed by atoms with Gasteiger partial charge in [-0.2, -0.15) is 0 Å². The fraction of sp³-hybridized carbons (Fsp3) is 0.333. The first-order chi connectivity index (χ1) is 12.2. The van der Waals surface area contributed by atoms with Gasteiger partial charge in [0, 0.05) is 19.0 Å². The molecule has 0 saturated carbocycles. The molecule has 25 heavy (non-hydrogen) atoms. The summed E-state index contributed by atoms with van der Waals surface area (Å²) in [5.41, 5.74) is 5.80. The molecule has 0 aliphatic carbocycles. The van der Waals surface area contributed by atoms with E-state index in [1.807, 2.05) is 41.2 Å². The molecule has 132 valence electrons. The Labute approximate surface area is 145 Å². The number of hydrogen-bond donors (Lipinski definition) is 2. The number of para-hydroxylation sites is 1. The first kappa shape index (κ1) is 17.0. The second kappa shape index (κ2) is 8.34. The van der Waals surface area contributed by atoms with Crippen molar-refractivity contribution >= 4 is 12.0 Å². The first-order valence-electron chi connectivity index (χ1n) is 8.31. The van der Waals surface area contributed by atoms with Crippen molar-refractivity contribution in [3.63, 3.8) is 0 Å². The van der Waals surface area contributed by atoms with E-state index in [-0.39, 0.29) is 12.7 Å². The van der Waals surface area contributed by atoms with Crippen LogP contribution in [-0.4, -0.2) is 35.9 Å². The first-order valence-corrected chi connectivity index (χ1v) is 8.31. The van der Waals surface area contributed by atoms with Gasteiger partial charge in [-0.25, -0.2) is 10.2 Å². The summed E-state index contributed by atoms with van der Waals surface area (Å²) in [5.74, 6) is -0.421. The summed E-state index contributed by atoms with van der Waals surface area (Å²) in [4.78, 5) is 24.1. The molecule has 2 N–H and O–H groups in total. The smallest absolute Gasteiger partial charge is 0.426 e. The third-order valence-electron chi connectivity index (χ3n) is 3.98. The molecule has 0 radical (unpaired) electrons. The Morgan fingerprint density at radius 2 is 1.92 bits per heavy atom. The third-order valence-corrected chi connectivity index (χ3v) is 3.98. The van der Waals surface area contributed by atoms with E-state index in [1.165, 1.54) is 0 Å². The largest absolute Gasteiger partial charge is 0.446 e. The van der Waals surface area contributed by atoms with Crippen LogP contribution in [0.3, 0.4) is 0 Å². The van der Waals surface area contributed by atoms with E-state index in [0.29, 0.717) is 12.2 Å². The van der Waals surface area contributed by atoms with Crippen LogP contribution in [0.2, 0.25) is 0 Å². The molecule has 1 fully saturated rings. The van der Waals surface area contributed by atoms with Crippen molar-refractivity contribution in [3.05, 3.63) is 54.4 Å². The van der Waals surface area contributed by atoms with Gasteiger partial charge in [-0.15, -0.1) is 0 Å². The van der Waals surface area contributed by atoms with Gasteiger partial charge in [0.05, 0.1) is 17.4 Å². The summed E-state index contributed by atoms with van der Waals surface area (Å²) in [6, 6.07) is 10.9. The maximum Gasteiger partial charge on any atom is 0.426 e. The lowest BCUT2D eigenvalue weighted by Gasteiger charge is -2.22. The lowest BCUT2D eigenvalue weighted by Crippen LogP contribution is -2.43. The molecule has 0 spiro atoms. The van der Waals surface area contributed by atoms with Gasteiger partial charge < -0.3 is 14.0 Å². The number of hydrogen-bond acceptors (Lipinski definition) is 4. The second-order valence-electron chi connectivity index (χ2n) is 5.77. The van der Waals surface area contributed by atoms with Crippen LogP contribution in [-0.2, 0) is 9.47 Å². The number of carbonyl (C=O) groups is 2. The van der Waals surface area contributed by atoms with Crippen molar-refractivity contribution in [3.8, 4) is 5.69 Å². The fourth-order valence-electron chi connectivity index (χ4n) is 2.70. The Kier molecular flexibility index (Phi) is 5.69. The maximum absolute atomic E-state index is 12.4. The average Bonchev–Trinajstić information content (AvgIpc) is 3.20. The van der Waals surface area contributed by atoms with Crippen LogP contribution in [0, 0.1) is 0 Å². The monoisotopic (exact) mass is 343 g/mol. The van der Waals surface area contributed by atoms with E-state index in [4.69, 9.17) is 9.47 Å². The highest BCUT2D eigenvalue weighted by Crippen LogP contribution is 2.14. The second-order valence-corrected chi connectivity index (χ2v) is 5.77. The van der Waals surface area contributed by atoms with Crippen molar-refractivity contribution in [2.45, 2.75) is 25.4 Å². The highest BCUT2D eigenvalue weighted by molar-refractivity contribution is 5.98. The minimum atomic E-state index is -0.707. The van der Waals surface area contributed by atoms with Gasteiger partial charge in [0.25, 0.3) is 5.91 Å². The lowest BCUT2D eigenvalue weighted by molar-refractivity contribution is -0.0227. The molecular formula is C18H21N3O4. The summed E-state index contributed by atoms with van der Waals surface area (Å²) >= 11 is 0. The summed E-state index contributed by atoms with van der Waals surface area (Å²) in [6.07, 6.45) is 5.91. The number of rotatable bonds is 4. The van der Waals surface area contributed by atoms with Crippen molar-refractivity contribution in [1.29, 1.82) is 0 Å². The summed E-state index contributed by atoms with van der Waals surface area (Å²) in [5, 5.41) is 0. The molecule has 7 heteroatoms. The molecule has 3 rings (SSSR count). The van der Waals surface area contributed by atoms with E-state index in [1.54, 1.807) is 12.1 Å². The van der Waals surface area contributed by atoms with Gasteiger partial charge in [-0.05, 0) is 43.5 Å². The van der Waals surface area contributed by atoms with Gasteiger partial charge in [0.1, 0.15) is 6.61 Å². The summed E-state index contributed by atoms with van der Waals surface area (Å²) in [7, 11) is 0. The van der Waals surface area contributed by atoms with Crippen LogP contribution < -0.4 is 10.9 Å². The van der Waals surface area contributed by atoms with Crippen LogP contribution in [0.1, 0.15) is 29.6 Å². The zero-order chi connectivity index (χ0) is 17.5. The van der Waals surface area contributed by atoms with E-state index >= 15 is 0 Å². The zero-order valence-corrected chi connectivity index (χ0v) is 13.8. The predicted octanol–water partition coefficient (Wildman–Crippen LogP) is 2.42. The SMILES string of the molecule is O=C(NNC(=O)c1ccccc1-n1cccc1)OCC1CCCCO1. The fourth-order valence-corrected chi connectivity index (χ4v) is 2.70. The predicted molar refractivity (Wildman–Crippen MR) is 91.3 cm³/mol. The highest BCUT2D eigenvalue weighted by Gasteiger charge is 2.17. The minimum Gasteiger partial charge on any atom is -0.446 e. The van der Waals surface area contributed by atoms with Crippen molar-refractivity contribution in [2.75, 3.05) is 13.2 Å². The number of ether oxygens (including phenoxy) is 2. The van der Waals surface area contributed by atoms with Gasteiger partial charge in [0.2, 0.25) is 0 Å². The number of nitrogens with zero attached hydrogens (tertiary/aromatic N) is 1. The van der Waals surface area contributed by atoms with Gasteiger partial charge >= 0.3 is 6.09 Å². The molecule has 1 atom stereocenters. The highest BCUT2D eigenvalue weighted by atomic mass is 16.6. The molecule has 1 unspecified atom stereocenters. The van der Waals surface area contributed by atoms with Crippen LogP contribution in [0.5, 0.6) is 0 Å². The van der Waals surface area contributed by atoms with Crippen molar-refractivity contribution in [2.24, 2.45) is 0 Å². The standard InChI is InChI=1S/C18H21N3O4/c22-17(15-8-1-2-9-16(15)21-10-4-5-11-21)19-20-18(23)25-13-14-7-3-6-12-24-14/h1-2,4-5,8-11,14H,3,6-7,12-13H2,(H,19,22)(H,20,23). The minimum absolute atomic E-state index is 0.0651. The molecule has 1 aliphatic heterocycles. The third kappa shape index (κ3) is 4.60. The lowest BCUT2D eigenvalue weighted by atomic mass is 10.1. The Bertz CT molecular complexity index is 709. The number of nitrogens with one attached hydrogen (secondary N) is 2. The maximum atomic E-state index is 12.4. The van der Waals surface area contributed by atoms with Crippen LogP contribution in [0.15, 0.2) is 48.8 Å². The van der Waals surface area contributed by atoms with E-state index in [2.05, 4.69) is 10.9 Å². The topological polar surface area (TPSA) is 81.6 Å². The molecule has 0 bridgehead atoms. The molecular weight excluding hydrogens is 322 g/mol. The molecule has 1 aromatic heterocycles. The molecule has 2 heterocycles. The van der Waals surface area contributed by atoms with Crippen LogP contribution in [0.25, 0.3) is 5.69 Å². The molecule has 1 aromatic carbocycles. The van der Waals surface area contributed by atoms with E-state index in [0.717, 1.165) is 24.9 Å². The van der Waals surface area contributed by atoms with Crippen molar-refractivity contribution in [1.82, 2.24) is 15.4 Å². The molecule has 2 aromatic rings. The van der Waals surface area contributed by atoms with Gasteiger partial charge in [-0.3, -0.25) is 10.2 Å². The number of hydrazine groups is 1. The summed E-state index contributed by atoms with van der Waals surface area (Å²) < 4.78 is 12.4. The average molecular weight is 343 g/mol. The van der Waals surface area contributed by atoms with Gasteiger partial charge in [0.15, 0.2) is 0 Å². The van der Waals surface area contributed by atoms with Crippen LogP contribution >= 0.6 is 0 Å². The molecule has 7 nitrogen and oxygen atoms in total. The number of benzene rings is 1. The van der Waals surface area contributed by atoms with Crippen LogP contribution in [0.4, 0.5) is 4.79 Å². The molecule has 1 aliphatic rings. The number of carbonyl (C=O) groups excluding carboxylic acids is 2. The summed E-state index contributed by atoms with van der Waals surface area (Å²) in [6.45, 7) is 0.879. The number of amides is 2. The van der Waals surface area contributed by atoms with E-state index < -0.39 is 12.0 Å². The molecule has 1 saturated heterocycles. The Balaban J connectivity index is 1.52. The zero-order valence-electron chi connectivity index (χ0n) is 13.8. The van der Waals surface area contributed by atoms with Gasteiger partial charge in [-0.1, -0.05) is 12.1 Å². The Hall–Kier alpha value is -2.80. The molecule has 2 amide bonds. The normalized spacial score (nSPS) is 16.9. The Morgan fingerprint density at radius 1 is 1.12 bits per heavy atom. The Morgan fingerprint density at radius 3 is 2.68 bits per heavy atom. The number of aromatic nitrogens is 1. The van der Waals surface area contributed by atoms with E-state index in [9.17, 15) is 9.59 Å². The quantitative estimate of drug-likeness (QED) is 0.836. The van der Waals surface area contributed by atoms with Crippen molar-refractivity contribution < 1.29 is 19.1 Å².